The number of amides is 1. The van der Waals surface area contributed by atoms with Crippen molar-refractivity contribution in [3.63, 3.8) is 0 Å². The molecule has 1 aliphatic heterocycles. The smallest absolute Gasteiger partial charge is 0.287 e. The summed E-state index contributed by atoms with van der Waals surface area (Å²) in [7, 11) is 0. The summed E-state index contributed by atoms with van der Waals surface area (Å²) >= 11 is 0. The van der Waals surface area contributed by atoms with Gasteiger partial charge in [0.15, 0.2) is 5.76 Å². The first-order chi connectivity index (χ1) is 14.6. The third-order valence-electron chi connectivity index (χ3n) is 5.50. The molecule has 1 aliphatic rings. The minimum atomic E-state index is -0.403. The van der Waals surface area contributed by atoms with Gasteiger partial charge in [-0.15, -0.1) is 0 Å². The lowest BCUT2D eigenvalue weighted by atomic mass is 10.0. The molecule has 1 amide bonds. The van der Waals surface area contributed by atoms with Gasteiger partial charge in [0.2, 0.25) is 11.7 Å². The lowest BCUT2D eigenvalue weighted by molar-refractivity contribution is 0.0885. The second-order valence-electron chi connectivity index (χ2n) is 8.08. The van der Waals surface area contributed by atoms with Crippen molar-refractivity contribution in [3.8, 4) is 11.4 Å². The maximum absolute atomic E-state index is 12.4. The molecule has 4 rings (SSSR count). The fraction of sp³-hybridized carbons (Fsp3) is 0.435. The van der Waals surface area contributed by atoms with Gasteiger partial charge >= 0.3 is 0 Å². The molecule has 158 valence electrons. The van der Waals surface area contributed by atoms with Crippen LogP contribution in [0.1, 0.15) is 62.0 Å². The third-order valence-corrected chi connectivity index (χ3v) is 5.50. The number of nitrogens with one attached hydrogen (secondary N) is 1. The van der Waals surface area contributed by atoms with Gasteiger partial charge in [-0.25, -0.2) is 0 Å². The van der Waals surface area contributed by atoms with Gasteiger partial charge in [-0.1, -0.05) is 31.8 Å². The van der Waals surface area contributed by atoms with Crippen LogP contribution in [-0.4, -0.2) is 29.1 Å². The molecule has 0 spiro atoms. The van der Waals surface area contributed by atoms with Crippen LogP contribution in [0.4, 0.5) is 5.69 Å². The topological polar surface area (TPSA) is 84.4 Å². The summed E-state index contributed by atoms with van der Waals surface area (Å²) in [4.78, 5) is 19.4. The molecule has 1 atom stereocenters. The van der Waals surface area contributed by atoms with E-state index >= 15 is 0 Å². The Labute approximate surface area is 176 Å². The van der Waals surface area contributed by atoms with Crippen LogP contribution in [0.3, 0.4) is 0 Å². The number of carbonyl (C=O) groups is 1. The highest BCUT2D eigenvalue weighted by Gasteiger charge is 2.26. The van der Waals surface area contributed by atoms with E-state index in [-0.39, 0.29) is 17.6 Å². The Balaban J connectivity index is 1.48. The summed E-state index contributed by atoms with van der Waals surface area (Å²) in [5.74, 6) is 0.925. The zero-order chi connectivity index (χ0) is 20.9. The van der Waals surface area contributed by atoms with Crippen LogP contribution >= 0.6 is 0 Å². The molecule has 3 heterocycles. The molecule has 7 nitrogen and oxygen atoms in total. The quantitative estimate of drug-likeness (QED) is 0.628. The second kappa shape index (κ2) is 9.15. The lowest BCUT2D eigenvalue weighted by Gasteiger charge is -2.22. The number of carbonyl (C=O) groups excluding carboxylic acids is 1. The molecule has 3 aromatic rings. The SMILES string of the molecule is CC(C)C(NC(=O)c1ccco1)c1nc(-c2ccc(N3CCCCCC3)cc2)no1. The molecule has 0 aliphatic carbocycles. The normalized spacial score (nSPS) is 15.8. The highest BCUT2D eigenvalue weighted by molar-refractivity contribution is 5.91. The Kier molecular flexibility index (Phi) is 6.16. The Hall–Kier alpha value is -3.09. The molecule has 0 saturated carbocycles. The summed E-state index contributed by atoms with van der Waals surface area (Å²) in [5.41, 5.74) is 2.12. The summed E-state index contributed by atoms with van der Waals surface area (Å²) in [6.45, 7) is 6.20. The molecule has 30 heavy (non-hydrogen) atoms. The van der Waals surface area contributed by atoms with Crippen LogP contribution in [0.5, 0.6) is 0 Å². The number of benzene rings is 1. The average molecular weight is 409 g/mol. The Morgan fingerprint density at radius 2 is 1.80 bits per heavy atom. The number of aromatic nitrogens is 2. The van der Waals surface area contributed by atoms with Crippen molar-refractivity contribution in [1.29, 1.82) is 0 Å². The maximum atomic E-state index is 12.4. The fourth-order valence-electron chi connectivity index (χ4n) is 3.76. The Bertz CT molecular complexity index is 939. The monoisotopic (exact) mass is 408 g/mol. The maximum Gasteiger partial charge on any atom is 0.287 e. The van der Waals surface area contributed by atoms with Gasteiger partial charge in [0.25, 0.3) is 5.91 Å². The first-order valence-corrected chi connectivity index (χ1v) is 10.6. The van der Waals surface area contributed by atoms with E-state index in [2.05, 4.69) is 32.5 Å². The third kappa shape index (κ3) is 4.56. The molecule has 2 aromatic heterocycles. The summed E-state index contributed by atoms with van der Waals surface area (Å²) in [6, 6.07) is 11.2. The van der Waals surface area contributed by atoms with Crippen LogP contribution in [0.2, 0.25) is 0 Å². The van der Waals surface area contributed by atoms with Crippen molar-refractivity contribution in [1.82, 2.24) is 15.5 Å². The van der Waals surface area contributed by atoms with E-state index in [1.165, 1.54) is 37.6 Å². The van der Waals surface area contributed by atoms with E-state index < -0.39 is 6.04 Å². The minimum Gasteiger partial charge on any atom is -0.459 e. The zero-order valence-corrected chi connectivity index (χ0v) is 17.5. The van der Waals surface area contributed by atoms with Gasteiger partial charge in [-0.05, 0) is 55.2 Å². The number of furan rings is 1. The zero-order valence-electron chi connectivity index (χ0n) is 17.5. The van der Waals surface area contributed by atoms with Crippen molar-refractivity contribution in [2.45, 2.75) is 45.6 Å². The van der Waals surface area contributed by atoms with E-state index in [0.29, 0.717) is 11.7 Å². The van der Waals surface area contributed by atoms with Gasteiger partial charge in [-0.2, -0.15) is 4.98 Å². The molecule has 7 heteroatoms. The van der Waals surface area contributed by atoms with Crippen LogP contribution in [0.15, 0.2) is 51.6 Å². The molecular formula is C23H28N4O3. The van der Waals surface area contributed by atoms with E-state index in [0.717, 1.165) is 18.7 Å². The number of hydrogen-bond acceptors (Lipinski definition) is 6. The van der Waals surface area contributed by atoms with Crippen LogP contribution in [-0.2, 0) is 0 Å². The van der Waals surface area contributed by atoms with Crippen molar-refractivity contribution in [3.05, 3.63) is 54.3 Å². The number of rotatable bonds is 6. The van der Waals surface area contributed by atoms with Crippen molar-refractivity contribution in [2.24, 2.45) is 5.92 Å². The van der Waals surface area contributed by atoms with Gasteiger partial charge in [0, 0.05) is 24.3 Å². The summed E-state index contributed by atoms with van der Waals surface area (Å²) in [6.07, 6.45) is 6.59. The minimum absolute atomic E-state index is 0.0719. The molecule has 1 N–H and O–H groups in total. The Morgan fingerprint density at radius 3 is 2.43 bits per heavy atom. The summed E-state index contributed by atoms with van der Waals surface area (Å²) in [5, 5.41) is 7.06. The standard InChI is InChI=1S/C23H28N4O3/c1-16(2)20(24-22(28)19-8-7-15-29-19)23-25-21(26-30-23)17-9-11-18(12-10-17)27-13-5-3-4-6-14-27/h7-12,15-16,20H,3-6,13-14H2,1-2H3,(H,24,28). The molecule has 1 unspecified atom stereocenters. The first kappa shape index (κ1) is 20.2. The van der Waals surface area contributed by atoms with Gasteiger partial charge < -0.3 is 19.2 Å². The highest BCUT2D eigenvalue weighted by atomic mass is 16.5. The lowest BCUT2D eigenvalue weighted by Crippen LogP contribution is -2.31. The number of anilines is 1. The van der Waals surface area contributed by atoms with E-state index in [9.17, 15) is 4.79 Å². The summed E-state index contributed by atoms with van der Waals surface area (Å²) < 4.78 is 10.7. The van der Waals surface area contributed by atoms with E-state index in [1.807, 2.05) is 26.0 Å². The van der Waals surface area contributed by atoms with Crippen molar-refractivity contribution >= 4 is 11.6 Å². The second-order valence-corrected chi connectivity index (χ2v) is 8.08. The van der Waals surface area contributed by atoms with E-state index in [4.69, 9.17) is 8.94 Å². The Morgan fingerprint density at radius 1 is 1.07 bits per heavy atom. The molecule has 1 fully saturated rings. The fourth-order valence-corrected chi connectivity index (χ4v) is 3.76. The van der Waals surface area contributed by atoms with Crippen molar-refractivity contribution < 1.29 is 13.7 Å². The number of nitrogens with zero attached hydrogens (tertiary/aromatic N) is 3. The van der Waals surface area contributed by atoms with Crippen LogP contribution in [0, 0.1) is 5.92 Å². The van der Waals surface area contributed by atoms with Crippen LogP contribution < -0.4 is 10.2 Å². The van der Waals surface area contributed by atoms with Gasteiger partial charge in [0.1, 0.15) is 6.04 Å². The largest absolute Gasteiger partial charge is 0.459 e. The highest BCUT2D eigenvalue weighted by Crippen LogP contribution is 2.26. The van der Waals surface area contributed by atoms with Gasteiger partial charge in [-0.3, -0.25) is 4.79 Å². The van der Waals surface area contributed by atoms with Crippen molar-refractivity contribution in [2.75, 3.05) is 18.0 Å². The molecule has 0 radical (unpaired) electrons. The van der Waals surface area contributed by atoms with Gasteiger partial charge in [0.05, 0.1) is 6.26 Å². The first-order valence-electron chi connectivity index (χ1n) is 10.6. The molecular weight excluding hydrogens is 380 g/mol. The number of hydrogen-bond donors (Lipinski definition) is 1. The molecule has 1 saturated heterocycles. The molecule has 0 bridgehead atoms. The molecule has 1 aromatic carbocycles. The van der Waals surface area contributed by atoms with Crippen LogP contribution in [0.25, 0.3) is 11.4 Å². The average Bonchev–Trinajstić information content (AvgIpc) is 3.39. The predicted octanol–water partition coefficient (Wildman–Crippen LogP) is 4.84. The van der Waals surface area contributed by atoms with E-state index in [1.54, 1.807) is 12.1 Å². The predicted molar refractivity (Wildman–Crippen MR) is 114 cm³/mol.